The highest BCUT2D eigenvalue weighted by Crippen LogP contribution is 2.40. The third-order valence-corrected chi connectivity index (χ3v) is 6.59. The van der Waals surface area contributed by atoms with Gasteiger partial charge in [0.1, 0.15) is 11.9 Å². The Balaban J connectivity index is 1.42. The molecule has 5 nitrogen and oxygen atoms in total. The number of morpholine rings is 1. The van der Waals surface area contributed by atoms with Gasteiger partial charge in [-0.3, -0.25) is 4.99 Å². The lowest BCUT2D eigenvalue weighted by molar-refractivity contribution is -0.0817. The van der Waals surface area contributed by atoms with Gasteiger partial charge in [0.2, 0.25) is 0 Å². The van der Waals surface area contributed by atoms with Crippen LogP contribution in [0.15, 0.2) is 29.3 Å². The van der Waals surface area contributed by atoms with E-state index in [1.807, 2.05) is 19.2 Å². The van der Waals surface area contributed by atoms with Crippen LogP contribution in [0.5, 0.6) is 0 Å². The van der Waals surface area contributed by atoms with Crippen molar-refractivity contribution < 1.29 is 13.9 Å². The van der Waals surface area contributed by atoms with E-state index in [1.54, 1.807) is 12.1 Å². The minimum absolute atomic E-state index is 0.0594. The van der Waals surface area contributed by atoms with Crippen molar-refractivity contribution in [3.63, 3.8) is 0 Å². The molecule has 0 amide bonds. The average molecular weight is 390 g/mol. The fourth-order valence-electron chi connectivity index (χ4n) is 4.99. The molecule has 2 heterocycles. The van der Waals surface area contributed by atoms with E-state index >= 15 is 0 Å². The van der Waals surface area contributed by atoms with Gasteiger partial charge in [0, 0.05) is 38.7 Å². The summed E-state index contributed by atoms with van der Waals surface area (Å²) < 4.78 is 25.2. The topological polar surface area (TPSA) is 46.1 Å². The van der Waals surface area contributed by atoms with Crippen LogP contribution in [0.3, 0.4) is 0 Å². The standard InChI is InChI=1S/C22H32FN3O2/c1-24-21(26-12-14-28-20(15-26)19-5-4-13-27-19)25-16-22(10-2-3-11-22)17-6-8-18(23)9-7-17/h6-9,19-20H,2-5,10-16H2,1H3,(H,24,25). The van der Waals surface area contributed by atoms with Gasteiger partial charge >= 0.3 is 0 Å². The summed E-state index contributed by atoms with van der Waals surface area (Å²) in [5, 5.41) is 3.63. The Morgan fingerprint density at radius 2 is 1.89 bits per heavy atom. The smallest absolute Gasteiger partial charge is 0.193 e. The number of aliphatic imine (C=N–C) groups is 1. The lowest BCUT2D eigenvalue weighted by Crippen LogP contribution is -2.54. The minimum atomic E-state index is -0.172. The highest BCUT2D eigenvalue weighted by molar-refractivity contribution is 5.80. The molecule has 2 aliphatic heterocycles. The number of hydrogen-bond acceptors (Lipinski definition) is 3. The van der Waals surface area contributed by atoms with Gasteiger partial charge < -0.3 is 19.7 Å². The zero-order valence-electron chi connectivity index (χ0n) is 16.8. The predicted molar refractivity (Wildman–Crippen MR) is 108 cm³/mol. The number of benzene rings is 1. The maximum Gasteiger partial charge on any atom is 0.193 e. The molecule has 2 atom stereocenters. The predicted octanol–water partition coefficient (Wildman–Crippen LogP) is 3.09. The molecule has 3 aliphatic rings. The van der Waals surface area contributed by atoms with Crippen molar-refractivity contribution in [3.05, 3.63) is 35.6 Å². The monoisotopic (exact) mass is 389 g/mol. The molecule has 28 heavy (non-hydrogen) atoms. The maximum absolute atomic E-state index is 13.4. The van der Waals surface area contributed by atoms with E-state index in [0.29, 0.717) is 6.61 Å². The molecular weight excluding hydrogens is 357 g/mol. The summed E-state index contributed by atoms with van der Waals surface area (Å²) in [5.41, 5.74) is 1.29. The van der Waals surface area contributed by atoms with Gasteiger partial charge in [0.15, 0.2) is 5.96 Å². The molecule has 2 unspecified atom stereocenters. The Bertz CT molecular complexity index is 667. The normalized spacial score (nSPS) is 27.9. The average Bonchev–Trinajstić information content (AvgIpc) is 3.42. The maximum atomic E-state index is 13.4. The van der Waals surface area contributed by atoms with E-state index in [1.165, 1.54) is 18.4 Å². The van der Waals surface area contributed by atoms with Gasteiger partial charge in [-0.15, -0.1) is 0 Å². The van der Waals surface area contributed by atoms with Gasteiger partial charge in [0.05, 0.1) is 12.7 Å². The van der Waals surface area contributed by atoms with E-state index in [9.17, 15) is 4.39 Å². The Kier molecular flexibility index (Phi) is 6.16. The van der Waals surface area contributed by atoms with Crippen LogP contribution in [0.25, 0.3) is 0 Å². The largest absolute Gasteiger partial charge is 0.375 e. The van der Waals surface area contributed by atoms with Crippen LogP contribution in [-0.2, 0) is 14.9 Å². The number of ether oxygens (including phenoxy) is 2. The van der Waals surface area contributed by atoms with Crippen LogP contribution in [0.1, 0.15) is 44.1 Å². The first-order valence-corrected chi connectivity index (χ1v) is 10.7. The van der Waals surface area contributed by atoms with E-state index in [4.69, 9.17) is 9.47 Å². The number of halogens is 1. The SMILES string of the molecule is CN=C(NCC1(c2ccc(F)cc2)CCCC1)N1CCOC(C2CCCO2)C1. The minimum Gasteiger partial charge on any atom is -0.375 e. The summed E-state index contributed by atoms with van der Waals surface area (Å²) in [5.74, 6) is 0.758. The molecule has 0 spiro atoms. The van der Waals surface area contributed by atoms with Gasteiger partial charge in [-0.25, -0.2) is 4.39 Å². The van der Waals surface area contributed by atoms with E-state index in [2.05, 4.69) is 15.2 Å². The van der Waals surface area contributed by atoms with Crippen molar-refractivity contribution in [3.8, 4) is 0 Å². The van der Waals surface area contributed by atoms with Gasteiger partial charge in [-0.05, 0) is 43.4 Å². The summed E-state index contributed by atoms with van der Waals surface area (Å²) >= 11 is 0. The molecule has 3 fully saturated rings. The van der Waals surface area contributed by atoms with Crippen LogP contribution >= 0.6 is 0 Å². The molecule has 0 radical (unpaired) electrons. The fraction of sp³-hybridized carbons (Fsp3) is 0.682. The number of nitrogens with one attached hydrogen (secondary N) is 1. The van der Waals surface area contributed by atoms with E-state index in [0.717, 1.165) is 57.9 Å². The summed E-state index contributed by atoms with van der Waals surface area (Å²) in [4.78, 5) is 6.84. The number of guanidine groups is 1. The summed E-state index contributed by atoms with van der Waals surface area (Å²) in [7, 11) is 1.85. The van der Waals surface area contributed by atoms with E-state index < -0.39 is 0 Å². The van der Waals surface area contributed by atoms with Crippen molar-refractivity contribution in [1.29, 1.82) is 0 Å². The van der Waals surface area contributed by atoms with Gasteiger partial charge in [-0.1, -0.05) is 25.0 Å². The van der Waals surface area contributed by atoms with Crippen LogP contribution in [0.2, 0.25) is 0 Å². The molecule has 1 N–H and O–H groups in total. The number of hydrogen-bond donors (Lipinski definition) is 1. The molecule has 1 saturated carbocycles. The van der Waals surface area contributed by atoms with Crippen molar-refractivity contribution in [2.45, 2.75) is 56.1 Å². The van der Waals surface area contributed by atoms with Crippen LogP contribution in [-0.4, -0.2) is 63.0 Å². The fourth-order valence-corrected chi connectivity index (χ4v) is 4.99. The van der Waals surface area contributed by atoms with Crippen molar-refractivity contribution in [2.75, 3.05) is 39.9 Å². The molecule has 4 rings (SSSR count). The van der Waals surface area contributed by atoms with Gasteiger partial charge in [0.25, 0.3) is 0 Å². The summed E-state index contributed by atoms with van der Waals surface area (Å²) in [6.07, 6.45) is 7.23. The molecule has 0 bridgehead atoms. The summed E-state index contributed by atoms with van der Waals surface area (Å²) in [6, 6.07) is 7.07. The zero-order chi connectivity index (χ0) is 19.4. The second-order valence-corrected chi connectivity index (χ2v) is 8.30. The van der Waals surface area contributed by atoms with Crippen LogP contribution in [0, 0.1) is 5.82 Å². The first-order chi connectivity index (χ1) is 13.7. The second kappa shape index (κ2) is 8.78. The van der Waals surface area contributed by atoms with Crippen molar-refractivity contribution >= 4 is 5.96 Å². The highest BCUT2D eigenvalue weighted by Gasteiger charge is 2.37. The van der Waals surface area contributed by atoms with Crippen molar-refractivity contribution in [2.24, 2.45) is 4.99 Å². The number of rotatable bonds is 4. The molecule has 0 aromatic heterocycles. The van der Waals surface area contributed by atoms with E-state index in [-0.39, 0.29) is 23.4 Å². The molecule has 2 saturated heterocycles. The van der Waals surface area contributed by atoms with Crippen LogP contribution in [0.4, 0.5) is 4.39 Å². The van der Waals surface area contributed by atoms with Gasteiger partial charge in [-0.2, -0.15) is 0 Å². The third kappa shape index (κ3) is 4.18. The lowest BCUT2D eigenvalue weighted by Gasteiger charge is -2.38. The zero-order valence-corrected chi connectivity index (χ0v) is 16.8. The highest BCUT2D eigenvalue weighted by atomic mass is 19.1. The van der Waals surface area contributed by atoms with Crippen molar-refractivity contribution in [1.82, 2.24) is 10.2 Å². The first-order valence-electron chi connectivity index (χ1n) is 10.7. The van der Waals surface area contributed by atoms with Crippen LogP contribution < -0.4 is 5.32 Å². The summed E-state index contributed by atoms with van der Waals surface area (Å²) in [6.45, 7) is 4.03. The molecule has 1 aromatic carbocycles. The molecule has 1 aliphatic carbocycles. The Morgan fingerprint density at radius 1 is 1.14 bits per heavy atom. The lowest BCUT2D eigenvalue weighted by atomic mass is 9.79. The molecule has 1 aromatic rings. The Labute approximate surface area is 167 Å². The Hall–Kier alpha value is -1.66. The number of nitrogens with zero attached hydrogens (tertiary/aromatic N) is 2. The Morgan fingerprint density at radius 3 is 2.57 bits per heavy atom. The third-order valence-electron chi connectivity index (χ3n) is 6.59. The second-order valence-electron chi connectivity index (χ2n) is 8.30. The molecule has 6 heteroatoms. The molecule has 154 valence electrons. The first kappa shape index (κ1) is 19.6. The molecular formula is C22H32FN3O2. The quantitative estimate of drug-likeness (QED) is 0.635.